The molecule has 26 heavy (non-hydrogen) atoms. The van der Waals surface area contributed by atoms with Crippen LogP contribution < -0.4 is 5.73 Å². The smallest absolute Gasteiger partial charge is 0.338 e. The fourth-order valence-electron chi connectivity index (χ4n) is 3.06. The van der Waals surface area contributed by atoms with Gasteiger partial charge in [-0.25, -0.2) is 4.79 Å². The minimum Gasteiger partial charge on any atom is -0.464 e. The Balaban J connectivity index is 2.19. The van der Waals surface area contributed by atoms with Crippen LogP contribution in [0.1, 0.15) is 71.6 Å². The molecule has 5 atom stereocenters. The van der Waals surface area contributed by atoms with Crippen LogP contribution in [-0.2, 0) is 19.0 Å². The minimum atomic E-state index is -1.42. The van der Waals surface area contributed by atoms with Crippen LogP contribution in [0.25, 0.3) is 0 Å². The molecule has 0 aliphatic carbocycles. The molecule has 4 N–H and O–H groups in total. The second-order valence-corrected chi connectivity index (χ2v) is 6.93. The topological polar surface area (TPSA) is 111 Å². The summed E-state index contributed by atoms with van der Waals surface area (Å²) in [6, 6.07) is -0.911. The lowest BCUT2D eigenvalue weighted by Crippen LogP contribution is -2.63. The first-order valence-corrected chi connectivity index (χ1v) is 10.1. The molecule has 1 fully saturated rings. The summed E-state index contributed by atoms with van der Waals surface area (Å²) in [5.74, 6) is -0.687. The summed E-state index contributed by atoms with van der Waals surface area (Å²) in [4.78, 5) is 12.1. The zero-order valence-electron chi connectivity index (χ0n) is 16.3. The van der Waals surface area contributed by atoms with Crippen LogP contribution in [0.5, 0.6) is 0 Å². The third kappa shape index (κ3) is 7.88. The molecule has 0 amide bonds. The van der Waals surface area contributed by atoms with Gasteiger partial charge in [0, 0.05) is 6.61 Å². The summed E-state index contributed by atoms with van der Waals surface area (Å²) in [6.45, 7) is 4.57. The normalized spacial score (nSPS) is 28.9. The number of esters is 1. The van der Waals surface area contributed by atoms with Crippen LogP contribution in [0.4, 0.5) is 0 Å². The molecule has 7 heteroatoms. The lowest BCUT2D eigenvalue weighted by atomic mass is 9.97. The third-order valence-corrected chi connectivity index (χ3v) is 4.70. The molecular formula is C19H37NO6. The highest BCUT2D eigenvalue weighted by atomic mass is 16.7. The first-order chi connectivity index (χ1) is 12.5. The Kier molecular flexibility index (Phi) is 12.0. The highest BCUT2D eigenvalue weighted by molar-refractivity contribution is 5.75. The molecule has 0 aromatic carbocycles. The molecule has 1 aliphatic heterocycles. The van der Waals surface area contributed by atoms with Crippen LogP contribution in [0.2, 0.25) is 0 Å². The van der Waals surface area contributed by atoms with Gasteiger partial charge in [0.15, 0.2) is 12.4 Å². The molecule has 1 heterocycles. The van der Waals surface area contributed by atoms with Crippen molar-refractivity contribution in [3.63, 3.8) is 0 Å². The van der Waals surface area contributed by atoms with Gasteiger partial charge in [0.2, 0.25) is 0 Å². The van der Waals surface area contributed by atoms with E-state index in [4.69, 9.17) is 19.9 Å². The predicted octanol–water partition coefficient (Wildman–Crippen LogP) is 1.87. The van der Waals surface area contributed by atoms with Crippen LogP contribution in [0.3, 0.4) is 0 Å². The van der Waals surface area contributed by atoms with Crippen molar-refractivity contribution in [3.05, 3.63) is 0 Å². The van der Waals surface area contributed by atoms with Crippen LogP contribution in [0.15, 0.2) is 0 Å². The Morgan fingerprint density at radius 3 is 2.12 bits per heavy atom. The number of rotatable bonds is 13. The molecule has 0 spiro atoms. The summed E-state index contributed by atoms with van der Waals surface area (Å²) >= 11 is 0. The number of nitrogens with two attached hydrogens (primary N) is 1. The first kappa shape index (κ1) is 23.3. The minimum absolute atomic E-state index is 0.280. The van der Waals surface area contributed by atoms with Gasteiger partial charge in [0.1, 0.15) is 12.2 Å². The number of hydrogen-bond donors (Lipinski definition) is 3. The lowest BCUT2D eigenvalue weighted by Gasteiger charge is -2.39. The molecule has 0 unspecified atom stereocenters. The molecule has 154 valence electrons. The van der Waals surface area contributed by atoms with E-state index in [1.165, 1.54) is 38.5 Å². The summed E-state index contributed by atoms with van der Waals surface area (Å²) < 4.78 is 15.9. The van der Waals surface area contributed by atoms with Crippen molar-refractivity contribution in [3.8, 4) is 0 Å². The third-order valence-electron chi connectivity index (χ3n) is 4.70. The molecule has 1 rings (SSSR count). The average molecular weight is 376 g/mol. The fourth-order valence-corrected chi connectivity index (χ4v) is 3.06. The maximum Gasteiger partial charge on any atom is 0.338 e. The van der Waals surface area contributed by atoms with E-state index in [-0.39, 0.29) is 6.61 Å². The van der Waals surface area contributed by atoms with E-state index in [9.17, 15) is 15.0 Å². The monoisotopic (exact) mass is 375 g/mol. The standard InChI is InChI=1S/C19H37NO6/c1-3-5-6-7-8-9-10-11-12-13-25-18(23)17-16(22)15(21)14(20)19(26-17)24-4-2/h14-17,19,21-22H,3-13,20H2,1-2H3/t14-,15-,16+,17+,19-/m1/s1. The van der Waals surface area contributed by atoms with Gasteiger partial charge in [-0.05, 0) is 13.3 Å². The van der Waals surface area contributed by atoms with Gasteiger partial charge in [0.25, 0.3) is 0 Å². The molecule has 0 aromatic heterocycles. The van der Waals surface area contributed by atoms with Crippen molar-refractivity contribution in [1.82, 2.24) is 0 Å². The predicted molar refractivity (Wildman–Crippen MR) is 98.5 cm³/mol. The van der Waals surface area contributed by atoms with E-state index < -0.39 is 36.6 Å². The molecule has 0 aromatic rings. The highest BCUT2D eigenvalue weighted by Crippen LogP contribution is 2.22. The van der Waals surface area contributed by atoms with Crippen molar-refractivity contribution in [2.75, 3.05) is 13.2 Å². The number of carbonyl (C=O) groups excluding carboxylic acids is 1. The molecule has 1 aliphatic rings. The zero-order valence-corrected chi connectivity index (χ0v) is 16.3. The first-order valence-electron chi connectivity index (χ1n) is 10.1. The Hall–Kier alpha value is -0.730. The van der Waals surface area contributed by atoms with Crippen molar-refractivity contribution < 1.29 is 29.2 Å². The zero-order chi connectivity index (χ0) is 19.4. The van der Waals surface area contributed by atoms with E-state index in [1.54, 1.807) is 6.92 Å². The SMILES string of the molecule is CCCCCCCCCCCOC(=O)[C@H]1O[C@@H](OCC)[C@H](N)[C@@H](O)[C@@H]1O. The van der Waals surface area contributed by atoms with Gasteiger partial charge in [-0.1, -0.05) is 58.3 Å². The summed E-state index contributed by atoms with van der Waals surface area (Å²) in [6.07, 6.45) is 5.64. The van der Waals surface area contributed by atoms with Crippen molar-refractivity contribution in [2.24, 2.45) is 5.73 Å². The Morgan fingerprint density at radius 2 is 1.54 bits per heavy atom. The van der Waals surface area contributed by atoms with Crippen LogP contribution in [-0.4, -0.2) is 60.0 Å². The summed E-state index contributed by atoms with van der Waals surface area (Å²) in [5, 5.41) is 20.0. The van der Waals surface area contributed by atoms with E-state index in [0.717, 1.165) is 19.3 Å². The Bertz CT molecular complexity index is 381. The van der Waals surface area contributed by atoms with E-state index in [2.05, 4.69) is 6.92 Å². The second-order valence-electron chi connectivity index (χ2n) is 6.93. The molecule has 7 nitrogen and oxygen atoms in total. The highest BCUT2D eigenvalue weighted by Gasteiger charge is 2.47. The number of aliphatic hydroxyl groups is 2. The van der Waals surface area contributed by atoms with E-state index in [1.807, 2.05) is 0 Å². The molecule has 0 bridgehead atoms. The molecule has 0 saturated carbocycles. The maximum atomic E-state index is 12.1. The van der Waals surface area contributed by atoms with Gasteiger partial charge in [-0.3, -0.25) is 0 Å². The van der Waals surface area contributed by atoms with Gasteiger partial charge < -0.3 is 30.2 Å². The summed E-state index contributed by atoms with van der Waals surface area (Å²) in [7, 11) is 0. The molecular weight excluding hydrogens is 338 g/mol. The van der Waals surface area contributed by atoms with Crippen LogP contribution in [0, 0.1) is 0 Å². The number of ether oxygens (including phenoxy) is 3. The average Bonchev–Trinajstić information content (AvgIpc) is 2.63. The van der Waals surface area contributed by atoms with Gasteiger partial charge in [-0.2, -0.15) is 0 Å². The quantitative estimate of drug-likeness (QED) is 0.333. The Labute approximate surface area is 157 Å². The fraction of sp³-hybridized carbons (Fsp3) is 0.947. The van der Waals surface area contributed by atoms with Crippen molar-refractivity contribution in [2.45, 2.75) is 102 Å². The largest absolute Gasteiger partial charge is 0.464 e. The number of carbonyl (C=O) groups is 1. The van der Waals surface area contributed by atoms with Gasteiger partial charge >= 0.3 is 5.97 Å². The summed E-state index contributed by atoms with van der Waals surface area (Å²) in [5.41, 5.74) is 5.76. The van der Waals surface area contributed by atoms with Gasteiger partial charge in [-0.15, -0.1) is 0 Å². The van der Waals surface area contributed by atoms with Crippen LogP contribution >= 0.6 is 0 Å². The van der Waals surface area contributed by atoms with Gasteiger partial charge in [0.05, 0.1) is 12.6 Å². The maximum absolute atomic E-state index is 12.1. The molecule has 1 saturated heterocycles. The second kappa shape index (κ2) is 13.4. The Morgan fingerprint density at radius 1 is 0.962 bits per heavy atom. The van der Waals surface area contributed by atoms with E-state index >= 15 is 0 Å². The molecule has 0 radical (unpaired) electrons. The van der Waals surface area contributed by atoms with Crippen molar-refractivity contribution in [1.29, 1.82) is 0 Å². The van der Waals surface area contributed by atoms with E-state index in [0.29, 0.717) is 6.61 Å². The number of hydrogen-bond acceptors (Lipinski definition) is 7. The number of aliphatic hydroxyl groups excluding tert-OH is 2. The number of unbranched alkanes of at least 4 members (excludes halogenated alkanes) is 8. The van der Waals surface area contributed by atoms with Crippen molar-refractivity contribution >= 4 is 5.97 Å². The lowest BCUT2D eigenvalue weighted by molar-refractivity contribution is -0.260.